The zero-order valence-corrected chi connectivity index (χ0v) is 17.3. The van der Waals surface area contributed by atoms with Gasteiger partial charge in [0, 0.05) is 48.8 Å². The second kappa shape index (κ2) is 6.54. The predicted octanol–water partition coefficient (Wildman–Crippen LogP) is 4.77. The van der Waals surface area contributed by atoms with Crippen molar-refractivity contribution >= 4 is 5.57 Å². The summed E-state index contributed by atoms with van der Waals surface area (Å²) < 4.78 is 29.7. The molecule has 0 aromatic heterocycles. The smallest absolute Gasteiger partial charge is 0.205 e. The first-order valence-corrected chi connectivity index (χ1v) is 9.30. The second-order valence-corrected chi connectivity index (χ2v) is 7.56. The maximum absolute atomic E-state index is 6.33. The number of hydrogen-bond donors (Lipinski definition) is 0. The molecule has 1 aliphatic carbocycles. The standard InChI is InChI=1S/C23H26O5/c1-12-14-9-8-10-16(24-5)18(14)22(26-7)19-17(12)20(25-6)13(2)15-11-27-23(3,4)28-21(15)19/h8-10,22H,1,11H2,2-7H3. The van der Waals surface area contributed by atoms with Crippen LogP contribution in [0.2, 0.25) is 0 Å². The van der Waals surface area contributed by atoms with Crippen molar-refractivity contribution in [2.75, 3.05) is 21.3 Å². The molecular weight excluding hydrogens is 356 g/mol. The van der Waals surface area contributed by atoms with Crippen LogP contribution < -0.4 is 14.2 Å². The lowest BCUT2D eigenvalue weighted by Gasteiger charge is -2.39. The van der Waals surface area contributed by atoms with Gasteiger partial charge in [0.1, 0.15) is 23.4 Å². The monoisotopic (exact) mass is 382 g/mol. The molecule has 2 aromatic rings. The molecule has 0 amide bonds. The van der Waals surface area contributed by atoms with Crippen LogP contribution in [0.15, 0.2) is 24.8 Å². The zero-order chi connectivity index (χ0) is 20.2. The summed E-state index contributed by atoms with van der Waals surface area (Å²) in [6.07, 6.45) is -0.371. The van der Waals surface area contributed by atoms with Gasteiger partial charge in [-0.05, 0) is 24.1 Å². The molecule has 0 spiro atoms. The highest BCUT2D eigenvalue weighted by Crippen LogP contribution is 2.55. The van der Waals surface area contributed by atoms with Gasteiger partial charge in [-0.25, -0.2) is 0 Å². The minimum atomic E-state index is -0.734. The number of benzene rings is 2. The quantitative estimate of drug-likeness (QED) is 0.765. The van der Waals surface area contributed by atoms with E-state index in [1.54, 1.807) is 21.3 Å². The SMILES string of the molecule is C=C1c2cccc(OC)c2C(OC)c2c3c(c(C)c(OC)c21)COC(C)(C)O3. The van der Waals surface area contributed by atoms with E-state index < -0.39 is 5.79 Å². The maximum Gasteiger partial charge on any atom is 0.205 e. The van der Waals surface area contributed by atoms with E-state index in [1.165, 1.54) is 0 Å². The zero-order valence-electron chi connectivity index (χ0n) is 17.3. The Morgan fingerprint density at radius 2 is 1.86 bits per heavy atom. The molecule has 0 saturated carbocycles. The fourth-order valence-electron chi connectivity index (χ4n) is 4.28. The second-order valence-electron chi connectivity index (χ2n) is 7.56. The van der Waals surface area contributed by atoms with Gasteiger partial charge >= 0.3 is 0 Å². The van der Waals surface area contributed by atoms with Gasteiger partial charge in [-0.1, -0.05) is 18.7 Å². The fourth-order valence-corrected chi connectivity index (χ4v) is 4.28. The molecule has 28 heavy (non-hydrogen) atoms. The number of hydrogen-bond acceptors (Lipinski definition) is 5. The summed E-state index contributed by atoms with van der Waals surface area (Å²) in [5.41, 5.74) is 6.61. The largest absolute Gasteiger partial charge is 0.496 e. The molecule has 0 bridgehead atoms. The van der Waals surface area contributed by atoms with E-state index in [1.807, 2.05) is 39.0 Å². The Balaban J connectivity index is 2.10. The highest BCUT2D eigenvalue weighted by Gasteiger charge is 2.41. The van der Waals surface area contributed by atoms with Gasteiger partial charge in [-0.15, -0.1) is 0 Å². The molecule has 0 saturated heterocycles. The normalized spacial score (nSPS) is 19.2. The summed E-state index contributed by atoms with van der Waals surface area (Å²) in [6, 6.07) is 5.94. The molecule has 1 atom stereocenters. The van der Waals surface area contributed by atoms with Gasteiger partial charge in [0.2, 0.25) is 5.79 Å². The third kappa shape index (κ3) is 2.54. The number of fused-ring (bicyclic) bond motifs is 4. The highest BCUT2D eigenvalue weighted by atomic mass is 16.7. The molecule has 0 N–H and O–H groups in total. The average molecular weight is 382 g/mol. The van der Waals surface area contributed by atoms with E-state index >= 15 is 0 Å². The Bertz CT molecular complexity index is 974. The van der Waals surface area contributed by atoms with Crippen LogP contribution in [0.4, 0.5) is 0 Å². The van der Waals surface area contributed by atoms with Crippen molar-refractivity contribution in [2.45, 2.75) is 39.3 Å². The summed E-state index contributed by atoms with van der Waals surface area (Å²) in [4.78, 5) is 0. The van der Waals surface area contributed by atoms with Crippen molar-refractivity contribution in [1.82, 2.24) is 0 Å². The Kier molecular flexibility index (Phi) is 4.40. The first-order valence-electron chi connectivity index (χ1n) is 9.30. The molecule has 148 valence electrons. The van der Waals surface area contributed by atoms with Crippen molar-refractivity contribution in [3.8, 4) is 17.2 Å². The molecule has 2 aliphatic rings. The minimum Gasteiger partial charge on any atom is -0.496 e. The number of rotatable bonds is 3. The third-order valence-corrected chi connectivity index (χ3v) is 5.60. The van der Waals surface area contributed by atoms with E-state index in [0.29, 0.717) is 6.61 Å². The molecular formula is C23H26O5. The van der Waals surface area contributed by atoms with Crippen LogP contribution in [-0.4, -0.2) is 27.1 Å². The molecule has 5 heteroatoms. The first-order chi connectivity index (χ1) is 13.3. The molecule has 1 unspecified atom stereocenters. The predicted molar refractivity (Wildman–Crippen MR) is 107 cm³/mol. The van der Waals surface area contributed by atoms with Gasteiger partial charge in [0.25, 0.3) is 0 Å². The Hall–Kier alpha value is -2.50. The van der Waals surface area contributed by atoms with Crippen LogP contribution >= 0.6 is 0 Å². The Labute approximate surface area is 165 Å². The van der Waals surface area contributed by atoms with Crippen LogP contribution in [-0.2, 0) is 16.1 Å². The number of methoxy groups -OCH3 is 3. The van der Waals surface area contributed by atoms with Gasteiger partial charge in [0.05, 0.1) is 20.8 Å². The maximum atomic E-state index is 6.33. The van der Waals surface area contributed by atoms with E-state index in [0.717, 1.165) is 56.2 Å². The summed E-state index contributed by atoms with van der Waals surface area (Å²) in [7, 11) is 5.04. The minimum absolute atomic E-state index is 0.371. The highest BCUT2D eigenvalue weighted by molar-refractivity contribution is 5.91. The van der Waals surface area contributed by atoms with E-state index in [-0.39, 0.29) is 6.10 Å². The summed E-state index contributed by atoms with van der Waals surface area (Å²) >= 11 is 0. The van der Waals surface area contributed by atoms with Crippen molar-refractivity contribution < 1.29 is 23.7 Å². The van der Waals surface area contributed by atoms with Crippen LogP contribution in [0.1, 0.15) is 53.3 Å². The molecule has 1 heterocycles. The van der Waals surface area contributed by atoms with Crippen LogP contribution in [0, 0.1) is 6.92 Å². The van der Waals surface area contributed by atoms with Gasteiger partial charge in [0.15, 0.2) is 0 Å². The topological polar surface area (TPSA) is 46.2 Å². The van der Waals surface area contributed by atoms with Crippen molar-refractivity contribution in [2.24, 2.45) is 0 Å². The molecule has 0 radical (unpaired) electrons. The van der Waals surface area contributed by atoms with Gasteiger partial charge in [-0.2, -0.15) is 0 Å². The Morgan fingerprint density at radius 3 is 2.50 bits per heavy atom. The van der Waals surface area contributed by atoms with Crippen molar-refractivity contribution in [3.63, 3.8) is 0 Å². The van der Waals surface area contributed by atoms with E-state index in [2.05, 4.69) is 6.58 Å². The number of ether oxygens (including phenoxy) is 5. The van der Waals surface area contributed by atoms with Crippen molar-refractivity contribution in [3.05, 3.63) is 58.2 Å². The third-order valence-electron chi connectivity index (χ3n) is 5.60. The first kappa shape index (κ1) is 18.8. The van der Waals surface area contributed by atoms with E-state index in [4.69, 9.17) is 23.7 Å². The Morgan fingerprint density at radius 1 is 1.11 bits per heavy atom. The molecule has 0 fully saturated rings. The van der Waals surface area contributed by atoms with Crippen LogP contribution in [0.3, 0.4) is 0 Å². The summed E-state index contributed by atoms with van der Waals surface area (Å²) in [5, 5.41) is 0. The fraction of sp³-hybridized carbons (Fsp3) is 0.391. The van der Waals surface area contributed by atoms with E-state index in [9.17, 15) is 0 Å². The lowest BCUT2D eigenvalue weighted by atomic mass is 9.77. The lowest BCUT2D eigenvalue weighted by molar-refractivity contribution is -0.181. The molecule has 1 aliphatic heterocycles. The average Bonchev–Trinajstić information content (AvgIpc) is 2.68. The summed E-state index contributed by atoms with van der Waals surface area (Å²) in [5.74, 6) is 1.59. The molecule has 2 aromatic carbocycles. The van der Waals surface area contributed by atoms with Crippen LogP contribution in [0.25, 0.3) is 5.57 Å². The molecule has 5 nitrogen and oxygen atoms in total. The molecule has 4 rings (SSSR count). The van der Waals surface area contributed by atoms with Gasteiger partial charge in [-0.3, -0.25) is 0 Å². The van der Waals surface area contributed by atoms with Crippen LogP contribution in [0.5, 0.6) is 17.2 Å². The lowest BCUT2D eigenvalue weighted by Crippen LogP contribution is -2.37. The van der Waals surface area contributed by atoms with Crippen molar-refractivity contribution in [1.29, 1.82) is 0 Å². The summed E-state index contributed by atoms with van der Waals surface area (Å²) in [6.45, 7) is 10.7. The van der Waals surface area contributed by atoms with Gasteiger partial charge < -0.3 is 23.7 Å².